The Kier molecular flexibility index (Phi) is 7.03. The predicted octanol–water partition coefficient (Wildman–Crippen LogP) is 2.05. The van der Waals surface area contributed by atoms with Crippen molar-refractivity contribution < 1.29 is 19.4 Å². The highest BCUT2D eigenvalue weighted by Crippen LogP contribution is 2.28. The Morgan fingerprint density at radius 3 is 2.89 bits per heavy atom. The van der Waals surface area contributed by atoms with Crippen molar-refractivity contribution in [2.75, 3.05) is 45.2 Å². The molecule has 1 unspecified atom stereocenters. The van der Waals surface area contributed by atoms with Crippen molar-refractivity contribution in [2.24, 2.45) is 0 Å². The molecule has 2 heterocycles. The van der Waals surface area contributed by atoms with Gasteiger partial charge in [0.25, 0.3) is 0 Å². The van der Waals surface area contributed by atoms with E-state index in [4.69, 9.17) is 9.84 Å². The number of hydrogen-bond donors (Lipinski definition) is 2. The summed E-state index contributed by atoms with van der Waals surface area (Å²) in [6.45, 7) is 1.85. The first kappa shape index (κ1) is 20.0. The van der Waals surface area contributed by atoms with E-state index in [2.05, 4.69) is 10.3 Å². The molecule has 150 valence electrons. The number of ether oxygens (including phenoxy) is 1. The predicted molar refractivity (Wildman–Crippen MR) is 103 cm³/mol. The summed E-state index contributed by atoms with van der Waals surface area (Å²) in [6.07, 6.45) is 6.74. The number of aromatic nitrogens is 1. The zero-order valence-electron chi connectivity index (χ0n) is 15.8. The van der Waals surface area contributed by atoms with E-state index in [1.54, 1.807) is 28.2 Å². The summed E-state index contributed by atoms with van der Waals surface area (Å²) in [5.74, 6) is -0.873. The van der Waals surface area contributed by atoms with Gasteiger partial charge in [-0.05, 0) is 32.7 Å². The Bertz CT molecular complexity index is 640. The molecule has 27 heavy (non-hydrogen) atoms. The molecule has 1 atom stereocenters. The van der Waals surface area contributed by atoms with Gasteiger partial charge in [0.15, 0.2) is 5.13 Å². The molecule has 0 spiro atoms. The number of aliphatic carboxylic acids is 1. The van der Waals surface area contributed by atoms with E-state index >= 15 is 0 Å². The molecule has 1 fully saturated rings. The van der Waals surface area contributed by atoms with Gasteiger partial charge in [-0.25, -0.2) is 9.78 Å². The summed E-state index contributed by atoms with van der Waals surface area (Å²) in [6, 6.07) is -0.161. The largest absolute Gasteiger partial charge is 0.480 e. The van der Waals surface area contributed by atoms with E-state index in [1.807, 2.05) is 0 Å². The van der Waals surface area contributed by atoms with Gasteiger partial charge in [-0.15, -0.1) is 11.3 Å². The third-order valence-electron chi connectivity index (χ3n) is 4.91. The van der Waals surface area contributed by atoms with Gasteiger partial charge in [-0.1, -0.05) is 12.8 Å². The first-order chi connectivity index (χ1) is 13.0. The van der Waals surface area contributed by atoms with Crippen molar-refractivity contribution in [1.29, 1.82) is 0 Å². The second-order valence-corrected chi connectivity index (χ2v) is 8.35. The maximum absolute atomic E-state index is 12.6. The third kappa shape index (κ3) is 5.88. The van der Waals surface area contributed by atoms with E-state index < -0.39 is 5.97 Å². The van der Waals surface area contributed by atoms with Crippen LogP contribution >= 0.6 is 11.3 Å². The van der Waals surface area contributed by atoms with Crippen LogP contribution < -0.4 is 5.32 Å². The molecule has 1 saturated heterocycles. The average Bonchev–Trinajstić information content (AvgIpc) is 2.95. The van der Waals surface area contributed by atoms with Crippen LogP contribution in [0.15, 0.2) is 0 Å². The second-order valence-electron chi connectivity index (χ2n) is 7.26. The van der Waals surface area contributed by atoms with Gasteiger partial charge in [-0.2, -0.15) is 0 Å². The number of amides is 2. The molecule has 0 radical (unpaired) electrons. The Hall–Kier alpha value is -1.71. The number of aryl methyl sites for hydroxylation is 2. The van der Waals surface area contributed by atoms with Crippen LogP contribution in [0, 0.1) is 0 Å². The molecule has 9 heteroatoms. The van der Waals surface area contributed by atoms with Crippen LogP contribution in [0.1, 0.15) is 36.3 Å². The van der Waals surface area contributed by atoms with Gasteiger partial charge in [0.05, 0.1) is 24.9 Å². The summed E-state index contributed by atoms with van der Waals surface area (Å²) >= 11 is 1.59. The number of urea groups is 1. The molecule has 2 N–H and O–H groups in total. The summed E-state index contributed by atoms with van der Waals surface area (Å²) < 4.78 is 5.69. The van der Waals surface area contributed by atoms with Crippen LogP contribution in [0.2, 0.25) is 0 Å². The van der Waals surface area contributed by atoms with Gasteiger partial charge in [0.2, 0.25) is 0 Å². The molecule has 0 bridgehead atoms. The van der Waals surface area contributed by atoms with Crippen molar-refractivity contribution in [3.05, 3.63) is 10.6 Å². The summed E-state index contributed by atoms with van der Waals surface area (Å²) in [5, 5.41) is 12.5. The molecule has 1 aliphatic heterocycles. The third-order valence-corrected chi connectivity index (χ3v) is 5.98. The zero-order chi connectivity index (χ0) is 19.2. The lowest BCUT2D eigenvalue weighted by Gasteiger charge is -2.34. The molecular formula is C18H28N4O4S. The minimum atomic E-state index is -0.873. The Balaban J connectivity index is 1.54. The van der Waals surface area contributed by atoms with Gasteiger partial charge in [-0.3, -0.25) is 15.0 Å². The number of fused-ring (bicyclic) bond motifs is 1. The van der Waals surface area contributed by atoms with Crippen LogP contribution in [-0.4, -0.2) is 77.8 Å². The summed E-state index contributed by atoms with van der Waals surface area (Å²) in [4.78, 5) is 32.8. The highest BCUT2D eigenvalue weighted by atomic mass is 32.1. The van der Waals surface area contributed by atoms with Crippen LogP contribution in [0.5, 0.6) is 0 Å². The number of rotatable bonds is 5. The number of carboxylic acids is 1. The number of hydrogen-bond acceptors (Lipinski definition) is 6. The fourth-order valence-electron chi connectivity index (χ4n) is 3.59. The Labute approximate surface area is 163 Å². The maximum atomic E-state index is 12.6. The van der Waals surface area contributed by atoms with Crippen LogP contribution in [0.25, 0.3) is 0 Å². The SMILES string of the molecule is CN(CC(=O)O)CC1CN(C(=O)Nc2nc3c(s2)CCCCCC3)CCO1. The average molecular weight is 397 g/mol. The van der Waals surface area contributed by atoms with E-state index in [0.717, 1.165) is 18.5 Å². The van der Waals surface area contributed by atoms with Crippen molar-refractivity contribution >= 4 is 28.5 Å². The standard InChI is InChI=1S/C18H28N4O4S/c1-21(12-16(23)24)10-13-11-22(8-9-26-13)18(25)20-17-19-14-6-4-2-3-5-7-15(14)27-17/h13H,2-12H2,1H3,(H,23,24)(H,19,20,25). The fraction of sp³-hybridized carbons (Fsp3) is 0.722. The van der Waals surface area contributed by atoms with E-state index in [9.17, 15) is 9.59 Å². The molecule has 1 aliphatic carbocycles. The monoisotopic (exact) mass is 396 g/mol. The molecule has 2 amide bonds. The smallest absolute Gasteiger partial charge is 0.323 e. The van der Waals surface area contributed by atoms with Gasteiger partial charge < -0.3 is 14.7 Å². The number of carboxylic acid groups (broad SMARTS) is 1. The highest BCUT2D eigenvalue weighted by Gasteiger charge is 2.26. The topological polar surface area (TPSA) is 95.0 Å². The number of carbonyl (C=O) groups is 2. The lowest BCUT2D eigenvalue weighted by atomic mass is 10.0. The van der Waals surface area contributed by atoms with Crippen molar-refractivity contribution in [1.82, 2.24) is 14.8 Å². The van der Waals surface area contributed by atoms with E-state index in [1.165, 1.54) is 30.6 Å². The summed E-state index contributed by atoms with van der Waals surface area (Å²) in [5.41, 5.74) is 1.14. The van der Waals surface area contributed by atoms with E-state index in [-0.39, 0.29) is 18.7 Å². The summed E-state index contributed by atoms with van der Waals surface area (Å²) in [7, 11) is 1.74. The molecule has 1 aromatic rings. The first-order valence-corrected chi connectivity index (χ1v) is 10.4. The van der Waals surface area contributed by atoms with Gasteiger partial charge in [0.1, 0.15) is 0 Å². The van der Waals surface area contributed by atoms with Crippen LogP contribution in [0.4, 0.5) is 9.93 Å². The Morgan fingerprint density at radius 2 is 2.11 bits per heavy atom. The molecule has 2 aliphatic rings. The lowest BCUT2D eigenvalue weighted by molar-refractivity contribution is -0.138. The molecule has 8 nitrogen and oxygen atoms in total. The number of carbonyl (C=O) groups excluding carboxylic acids is 1. The van der Waals surface area contributed by atoms with Gasteiger partial charge >= 0.3 is 12.0 Å². The number of likely N-dealkylation sites (N-methyl/N-ethyl adjacent to an activating group) is 1. The molecule has 3 rings (SSSR count). The van der Waals surface area contributed by atoms with E-state index in [0.29, 0.717) is 31.4 Å². The number of anilines is 1. The van der Waals surface area contributed by atoms with Crippen molar-refractivity contribution in [3.63, 3.8) is 0 Å². The highest BCUT2D eigenvalue weighted by molar-refractivity contribution is 7.15. The molecular weight excluding hydrogens is 368 g/mol. The van der Waals surface area contributed by atoms with Crippen LogP contribution in [0.3, 0.4) is 0 Å². The maximum Gasteiger partial charge on any atom is 0.323 e. The van der Waals surface area contributed by atoms with Crippen molar-refractivity contribution in [2.45, 2.75) is 44.6 Å². The number of nitrogens with one attached hydrogen (secondary N) is 1. The number of morpholine rings is 1. The number of nitrogens with zero attached hydrogens (tertiary/aromatic N) is 3. The quantitative estimate of drug-likeness (QED) is 0.791. The van der Waals surface area contributed by atoms with Crippen molar-refractivity contribution in [3.8, 4) is 0 Å². The van der Waals surface area contributed by atoms with Crippen LogP contribution in [-0.2, 0) is 22.4 Å². The minimum Gasteiger partial charge on any atom is -0.480 e. The molecule has 0 saturated carbocycles. The first-order valence-electron chi connectivity index (χ1n) is 9.57. The molecule has 0 aromatic carbocycles. The molecule has 1 aromatic heterocycles. The fourth-order valence-corrected chi connectivity index (χ4v) is 4.63. The lowest BCUT2D eigenvalue weighted by Crippen LogP contribution is -2.50. The number of thiazole rings is 1. The normalized spacial score (nSPS) is 20.7. The second kappa shape index (κ2) is 9.48. The van der Waals surface area contributed by atoms with Gasteiger partial charge in [0, 0.05) is 24.5 Å². The minimum absolute atomic E-state index is 0.0449. The Morgan fingerprint density at radius 1 is 1.33 bits per heavy atom. The zero-order valence-corrected chi connectivity index (χ0v) is 16.6.